The zero-order valence-electron chi connectivity index (χ0n) is 19.0. The Morgan fingerprint density at radius 3 is 2.28 bits per heavy atom. The van der Waals surface area contributed by atoms with Crippen LogP contribution in [-0.4, -0.2) is 22.5 Å². The van der Waals surface area contributed by atoms with E-state index in [0.29, 0.717) is 17.7 Å². The van der Waals surface area contributed by atoms with Gasteiger partial charge in [-0.1, -0.05) is 88.6 Å². The fourth-order valence-corrected chi connectivity index (χ4v) is 4.20. The summed E-state index contributed by atoms with van der Waals surface area (Å²) >= 11 is 0. The summed E-state index contributed by atoms with van der Waals surface area (Å²) in [5, 5.41) is 2.20. The lowest BCUT2D eigenvalue weighted by molar-refractivity contribution is 0.0498. The van der Waals surface area contributed by atoms with Crippen LogP contribution >= 0.6 is 0 Å². The van der Waals surface area contributed by atoms with Crippen molar-refractivity contribution in [1.29, 1.82) is 0 Å². The molecule has 0 radical (unpaired) electrons. The van der Waals surface area contributed by atoms with Gasteiger partial charge in [0.05, 0.1) is 34.2 Å². The molecule has 4 nitrogen and oxygen atoms in total. The molecule has 32 heavy (non-hydrogen) atoms. The first-order chi connectivity index (χ1) is 15.8. The van der Waals surface area contributed by atoms with Crippen molar-refractivity contribution < 1.29 is 9.53 Å². The van der Waals surface area contributed by atoms with E-state index in [1.54, 1.807) is 12.1 Å². The highest BCUT2D eigenvalue weighted by Crippen LogP contribution is 2.25. The number of unbranched alkanes of at least 4 members (excludes halogenated alkanes) is 8. The molecular weight excluding hydrogens is 396 g/mol. The van der Waals surface area contributed by atoms with Crippen molar-refractivity contribution in [2.24, 2.45) is 0 Å². The highest BCUT2D eigenvalue weighted by Gasteiger charge is 2.11. The molecular formula is C28H32N2O2. The average molecular weight is 429 g/mol. The van der Waals surface area contributed by atoms with E-state index in [2.05, 4.69) is 25.1 Å². The van der Waals surface area contributed by atoms with E-state index in [4.69, 9.17) is 14.7 Å². The average Bonchev–Trinajstić information content (AvgIpc) is 2.83. The maximum absolute atomic E-state index is 12.5. The van der Waals surface area contributed by atoms with Crippen LogP contribution in [0.2, 0.25) is 0 Å². The number of esters is 1. The second kappa shape index (κ2) is 11.0. The van der Waals surface area contributed by atoms with Crippen LogP contribution in [0.3, 0.4) is 0 Å². The molecule has 1 heterocycles. The number of hydrogen-bond donors (Lipinski definition) is 0. The van der Waals surface area contributed by atoms with Gasteiger partial charge in [0.2, 0.25) is 0 Å². The van der Waals surface area contributed by atoms with Gasteiger partial charge in [-0.25, -0.2) is 14.8 Å². The number of hydrogen-bond acceptors (Lipinski definition) is 4. The van der Waals surface area contributed by atoms with Crippen LogP contribution in [0.1, 0.15) is 75.1 Å². The SMILES string of the molecule is CCCCCCCCCCCOC(=O)c1ccc2nc3ccc4ccccc4c3nc2c1. The third-order valence-corrected chi connectivity index (χ3v) is 6.04. The minimum Gasteiger partial charge on any atom is -0.462 e. The third-order valence-electron chi connectivity index (χ3n) is 6.04. The summed E-state index contributed by atoms with van der Waals surface area (Å²) in [4.78, 5) is 22.1. The van der Waals surface area contributed by atoms with E-state index in [1.807, 2.05) is 24.3 Å². The standard InChI is InChI=1S/C28H32N2O2/c1-2-3-4-5-6-7-8-9-12-19-32-28(31)22-16-17-24-26(20-22)30-27-23-14-11-10-13-21(23)15-18-25(27)29-24/h10-11,13-18,20H,2-9,12,19H2,1H3. The van der Waals surface area contributed by atoms with Crippen LogP contribution in [0.4, 0.5) is 0 Å². The Bertz CT molecular complexity index is 1200. The minimum absolute atomic E-state index is 0.286. The molecule has 4 aromatic rings. The predicted octanol–water partition coefficient (Wildman–Crippen LogP) is 7.62. The van der Waals surface area contributed by atoms with E-state index >= 15 is 0 Å². The van der Waals surface area contributed by atoms with Gasteiger partial charge >= 0.3 is 5.97 Å². The normalized spacial score (nSPS) is 11.4. The Morgan fingerprint density at radius 1 is 0.750 bits per heavy atom. The maximum atomic E-state index is 12.5. The van der Waals surface area contributed by atoms with Gasteiger partial charge in [-0.05, 0) is 36.1 Å². The Kier molecular flexibility index (Phi) is 7.65. The monoisotopic (exact) mass is 428 g/mol. The van der Waals surface area contributed by atoms with Crippen LogP contribution in [0.5, 0.6) is 0 Å². The van der Waals surface area contributed by atoms with E-state index in [-0.39, 0.29) is 5.97 Å². The number of rotatable bonds is 11. The van der Waals surface area contributed by atoms with Crippen LogP contribution in [0.25, 0.3) is 32.8 Å². The number of ether oxygens (including phenoxy) is 1. The van der Waals surface area contributed by atoms with E-state index in [9.17, 15) is 4.79 Å². The first-order valence-corrected chi connectivity index (χ1v) is 12.0. The van der Waals surface area contributed by atoms with Gasteiger partial charge in [-0.15, -0.1) is 0 Å². The van der Waals surface area contributed by atoms with Gasteiger partial charge in [0, 0.05) is 5.39 Å². The molecule has 0 amide bonds. The lowest BCUT2D eigenvalue weighted by Gasteiger charge is -2.07. The number of nitrogens with zero attached hydrogens (tertiary/aromatic N) is 2. The fraction of sp³-hybridized carbons (Fsp3) is 0.393. The van der Waals surface area contributed by atoms with Gasteiger partial charge in [0.25, 0.3) is 0 Å². The van der Waals surface area contributed by atoms with Crippen molar-refractivity contribution in [3.63, 3.8) is 0 Å². The fourth-order valence-electron chi connectivity index (χ4n) is 4.20. The highest BCUT2D eigenvalue weighted by molar-refractivity contribution is 6.06. The van der Waals surface area contributed by atoms with Crippen LogP contribution in [-0.2, 0) is 4.74 Å². The van der Waals surface area contributed by atoms with Gasteiger partial charge in [0.15, 0.2) is 0 Å². The Morgan fingerprint density at radius 2 is 1.47 bits per heavy atom. The second-order valence-electron chi connectivity index (χ2n) is 8.55. The molecule has 0 saturated heterocycles. The van der Waals surface area contributed by atoms with Crippen molar-refractivity contribution >= 4 is 38.8 Å². The molecule has 0 aliphatic rings. The number of carbonyl (C=O) groups excluding carboxylic acids is 1. The van der Waals surface area contributed by atoms with E-state index in [0.717, 1.165) is 40.2 Å². The molecule has 0 aliphatic carbocycles. The lowest BCUT2D eigenvalue weighted by atomic mass is 10.1. The molecule has 0 aliphatic heterocycles. The van der Waals surface area contributed by atoms with Crippen molar-refractivity contribution in [3.8, 4) is 0 Å². The predicted molar refractivity (Wildman–Crippen MR) is 132 cm³/mol. The number of fused-ring (bicyclic) bond motifs is 4. The van der Waals surface area contributed by atoms with Crippen LogP contribution in [0.15, 0.2) is 54.6 Å². The van der Waals surface area contributed by atoms with Crippen molar-refractivity contribution in [3.05, 3.63) is 60.2 Å². The van der Waals surface area contributed by atoms with Crippen LogP contribution < -0.4 is 0 Å². The Labute approximate surface area is 190 Å². The first kappa shape index (κ1) is 22.2. The number of aromatic nitrogens is 2. The van der Waals surface area contributed by atoms with Gasteiger partial charge in [-0.2, -0.15) is 0 Å². The third kappa shape index (κ3) is 5.42. The van der Waals surface area contributed by atoms with E-state index < -0.39 is 0 Å². The maximum Gasteiger partial charge on any atom is 0.338 e. The summed E-state index contributed by atoms with van der Waals surface area (Å²) in [6.45, 7) is 2.72. The first-order valence-electron chi connectivity index (χ1n) is 12.0. The Hall–Kier alpha value is -3.01. The molecule has 0 unspecified atom stereocenters. The molecule has 0 spiro atoms. The summed E-state index contributed by atoms with van der Waals surface area (Å²) in [6, 6.07) is 17.6. The summed E-state index contributed by atoms with van der Waals surface area (Å²) in [6.07, 6.45) is 11.2. The smallest absolute Gasteiger partial charge is 0.338 e. The highest BCUT2D eigenvalue weighted by atomic mass is 16.5. The molecule has 0 atom stereocenters. The molecule has 0 saturated carbocycles. The summed E-state index contributed by atoms with van der Waals surface area (Å²) in [5.74, 6) is -0.286. The summed E-state index contributed by atoms with van der Waals surface area (Å²) in [5.41, 5.74) is 3.74. The van der Waals surface area contributed by atoms with Gasteiger partial charge in [-0.3, -0.25) is 0 Å². The van der Waals surface area contributed by atoms with Crippen molar-refractivity contribution in [1.82, 2.24) is 9.97 Å². The van der Waals surface area contributed by atoms with E-state index in [1.165, 1.54) is 44.9 Å². The molecule has 1 aromatic heterocycles. The second-order valence-corrected chi connectivity index (χ2v) is 8.55. The van der Waals surface area contributed by atoms with Gasteiger partial charge < -0.3 is 4.74 Å². The molecule has 4 heteroatoms. The number of benzene rings is 3. The molecule has 166 valence electrons. The molecule has 0 bridgehead atoms. The largest absolute Gasteiger partial charge is 0.462 e. The topological polar surface area (TPSA) is 52.1 Å². The zero-order chi connectivity index (χ0) is 22.2. The van der Waals surface area contributed by atoms with Crippen molar-refractivity contribution in [2.45, 2.75) is 64.7 Å². The molecule has 0 fully saturated rings. The lowest BCUT2D eigenvalue weighted by Crippen LogP contribution is -2.06. The van der Waals surface area contributed by atoms with Crippen LogP contribution in [0, 0.1) is 0 Å². The molecule has 3 aromatic carbocycles. The molecule has 4 rings (SSSR count). The number of carbonyl (C=O) groups is 1. The summed E-state index contributed by atoms with van der Waals surface area (Å²) in [7, 11) is 0. The van der Waals surface area contributed by atoms with Crippen molar-refractivity contribution in [2.75, 3.05) is 6.61 Å². The summed E-state index contributed by atoms with van der Waals surface area (Å²) < 4.78 is 5.51. The minimum atomic E-state index is -0.286. The zero-order valence-corrected chi connectivity index (χ0v) is 19.0. The quantitative estimate of drug-likeness (QED) is 0.107. The van der Waals surface area contributed by atoms with Gasteiger partial charge in [0.1, 0.15) is 0 Å². The molecule has 0 N–H and O–H groups in total. The Balaban J connectivity index is 1.34.